The molecule has 0 atom stereocenters. The third-order valence-corrected chi connectivity index (χ3v) is 3.37. The molecule has 20 heavy (non-hydrogen) atoms. The molecule has 100 valence electrons. The Morgan fingerprint density at radius 1 is 1.30 bits per heavy atom. The maximum Gasteiger partial charge on any atom is 0.335 e. The highest BCUT2D eigenvalue weighted by Crippen LogP contribution is 2.18. The number of imidazole rings is 1. The third-order valence-electron chi connectivity index (χ3n) is 3.37. The van der Waals surface area contributed by atoms with E-state index < -0.39 is 5.97 Å². The van der Waals surface area contributed by atoms with Gasteiger partial charge in [-0.15, -0.1) is 0 Å². The second-order valence-electron chi connectivity index (χ2n) is 4.59. The summed E-state index contributed by atoms with van der Waals surface area (Å²) in [6.45, 7) is 0. The zero-order valence-corrected chi connectivity index (χ0v) is 10.9. The summed E-state index contributed by atoms with van der Waals surface area (Å²) in [5.74, 6) is -0.0947. The van der Waals surface area contributed by atoms with Gasteiger partial charge in [-0.3, -0.25) is 4.98 Å². The molecule has 0 saturated heterocycles. The van der Waals surface area contributed by atoms with Crippen molar-refractivity contribution in [1.29, 1.82) is 0 Å². The minimum absolute atomic E-state index is 0.317. The van der Waals surface area contributed by atoms with Crippen molar-refractivity contribution in [2.45, 2.75) is 6.42 Å². The molecule has 0 spiro atoms. The molecule has 0 aliphatic carbocycles. The van der Waals surface area contributed by atoms with Gasteiger partial charge in [-0.05, 0) is 17.7 Å². The van der Waals surface area contributed by atoms with Crippen molar-refractivity contribution in [3.05, 3.63) is 59.7 Å². The molecule has 0 saturated carbocycles. The standard InChI is InChI=1S/C15H13N3O2/c1-18-13-6-7-16-9-12(13)17-14(18)8-10-4-2-3-5-11(10)15(19)20/h2-7,9H,8H2,1H3,(H,19,20). The van der Waals surface area contributed by atoms with Gasteiger partial charge in [-0.2, -0.15) is 0 Å². The van der Waals surface area contributed by atoms with Gasteiger partial charge in [0.15, 0.2) is 0 Å². The molecule has 0 unspecified atom stereocenters. The second-order valence-corrected chi connectivity index (χ2v) is 4.59. The van der Waals surface area contributed by atoms with E-state index in [1.165, 1.54) is 0 Å². The first-order valence-electron chi connectivity index (χ1n) is 6.23. The number of nitrogens with zero attached hydrogens (tertiary/aromatic N) is 3. The van der Waals surface area contributed by atoms with Crippen LogP contribution < -0.4 is 0 Å². The van der Waals surface area contributed by atoms with Gasteiger partial charge >= 0.3 is 5.97 Å². The molecular weight excluding hydrogens is 254 g/mol. The van der Waals surface area contributed by atoms with Gasteiger partial charge in [0.1, 0.15) is 11.3 Å². The fourth-order valence-corrected chi connectivity index (χ4v) is 2.31. The summed E-state index contributed by atoms with van der Waals surface area (Å²) in [5.41, 5.74) is 2.88. The summed E-state index contributed by atoms with van der Waals surface area (Å²) < 4.78 is 1.97. The SMILES string of the molecule is Cn1c(Cc2ccccc2C(=O)O)nc2cnccc21. The smallest absolute Gasteiger partial charge is 0.335 e. The van der Waals surface area contributed by atoms with E-state index in [9.17, 15) is 9.90 Å². The van der Waals surface area contributed by atoms with Crippen molar-refractivity contribution in [2.24, 2.45) is 7.05 Å². The molecule has 0 amide bonds. The molecule has 0 bridgehead atoms. The van der Waals surface area contributed by atoms with E-state index in [0.29, 0.717) is 12.0 Å². The molecule has 2 aromatic heterocycles. The molecule has 0 fully saturated rings. The summed E-state index contributed by atoms with van der Waals surface area (Å²) in [4.78, 5) is 19.8. The van der Waals surface area contributed by atoms with Gasteiger partial charge in [0, 0.05) is 19.7 Å². The Bertz CT molecular complexity index is 793. The van der Waals surface area contributed by atoms with Crippen LogP contribution in [-0.4, -0.2) is 25.6 Å². The number of aryl methyl sites for hydroxylation is 1. The minimum Gasteiger partial charge on any atom is -0.478 e. The molecule has 3 aromatic rings. The topological polar surface area (TPSA) is 68.0 Å². The normalized spacial score (nSPS) is 10.8. The van der Waals surface area contributed by atoms with Gasteiger partial charge in [-0.1, -0.05) is 18.2 Å². The van der Waals surface area contributed by atoms with E-state index in [1.807, 2.05) is 29.8 Å². The largest absolute Gasteiger partial charge is 0.478 e. The highest BCUT2D eigenvalue weighted by atomic mass is 16.4. The Morgan fingerprint density at radius 3 is 2.85 bits per heavy atom. The number of hydrogen-bond acceptors (Lipinski definition) is 3. The van der Waals surface area contributed by atoms with Gasteiger partial charge < -0.3 is 9.67 Å². The summed E-state index contributed by atoms with van der Waals surface area (Å²) in [5, 5.41) is 9.22. The Kier molecular flexibility index (Phi) is 2.95. The number of aromatic carboxylic acids is 1. The Hall–Kier alpha value is -2.69. The number of carboxylic acids is 1. The van der Waals surface area contributed by atoms with E-state index in [1.54, 1.807) is 24.5 Å². The van der Waals surface area contributed by atoms with Crippen molar-refractivity contribution < 1.29 is 9.90 Å². The van der Waals surface area contributed by atoms with Crippen LogP contribution >= 0.6 is 0 Å². The third kappa shape index (κ3) is 2.03. The van der Waals surface area contributed by atoms with Gasteiger partial charge in [0.05, 0.1) is 17.3 Å². The lowest BCUT2D eigenvalue weighted by Crippen LogP contribution is -2.05. The molecule has 0 radical (unpaired) electrons. The fraction of sp³-hybridized carbons (Fsp3) is 0.133. The molecule has 3 rings (SSSR count). The summed E-state index contributed by atoms with van der Waals surface area (Å²) in [6.07, 6.45) is 3.91. The quantitative estimate of drug-likeness (QED) is 0.790. The Morgan fingerprint density at radius 2 is 2.10 bits per heavy atom. The van der Waals surface area contributed by atoms with Crippen LogP contribution in [0.5, 0.6) is 0 Å². The highest BCUT2D eigenvalue weighted by Gasteiger charge is 2.13. The fourth-order valence-electron chi connectivity index (χ4n) is 2.31. The first-order valence-corrected chi connectivity index (χ1v) is 6.23. The number of hydrogen-bond donors (Lipinski definition) is 1. The average Bonchev–Trinajstić information content (AvgIpc) is 2.76. The lowest BCUT2D eigenvalue weighted by atomic mass is 10.0. The summed E-state index contributed by atoms with van der Waals surface area (Å²) in [6, 6.07) is 8.90. The zero-order chi connectivity index (χ0) is 14.1. The van der Waals surface area contributed by atoms with Crippen molar-refractivity contribution in [1.82, 2.24) is 14.5 Å². The number of aromatic nitrogens is 3. The summed E-state index contributed by atoms with van der Waals surface area (Å²) in [7, 11) is 1.92. The number of fused-ring (bicyclic) bond motifs is 1. The highest BCUT2D eigenvalue weighted by molar-refractivity contribution is 5.89. The molecular formula is C15H13N3O2. The average molecular weight is 267 g/mol. The van der Waals surface area contributed by atoms with Crippen LogP contribution in [0.1, 0.15) is 21.7 Å². The van der Waals surface area contributed by atoms with Crippen molar-refractivity contribution in [3.63, 3.8) is 0 Å². The van der Waals surface area contributed by atoms with Crippen LogP contribution in [0.2, 0.25) is 0 Å². The number of carbonyl (C=O) groups is 1. The molecule has 2 heterocycles. The van der Waals surface area contributed by atoms with Crippen LogP contribution in [-0.2, 0) is 13.5 Å². The van der Waals surface area contributed by atoms with Gasteiger partial charge in [-0.25, -0.2) is 9.78 Å². The van der Waals surface area contributed by atoms with Crippen molar-refractivity contribution >= 4 is 17.0 Å². The number of rotatable bonds is 3. The second kappa shape index (κ2) is 4.77. The first kappa shape index (κ1) is 12.3. The molecule has 1 aromatic carbocycles. The molecule has 5 heteroatoms. The number of carboxylic acid groups (broad SMARTS) is 1. The van der Waals surface area contributed by atoms with Crippen molar-refractivity contribution in [2.75, 3.05) is 0 Å². The van der Waals surface area contributed by atoms with Crippen LogP contribution in [0, 0.1) is 0 Å². The lowest BCUT2D eigenvalue weighted by Gasteiger charge is -2.06. The first-order chi connectivity index (χ1) is 9.66. The lowest BCUT2D eigenvalue weighted by molar-refractivity contribution is 0.0696. The minimum atomic E-state index is -0.916. The van der Waals surface area contributed by atoms with E-state index >= 15 is 0 Å². The van der Waals surface area contributed by atoms with E-state index in [4.69, 9.17) is 0 Å². The molecule has 0 aliphatic heterocycles. The van der Waals surface area contributed by atoms with Crippen LogP contribution in [0.4, 0.5) is 0 Å². The van der Waals surface area contributed by atoms with E-state index in [2.05, 4.69) is 9.97 Å². The van der Waals surface area contributed by atoms with Gasteiger partial charge in [0.2, 0.25) is 0 Å². The number of pyridine rings is 1. The van der Waals surface area contributed by atoms with E-state index in [0.717, 1.165) is 22.4 Å². The Balaban J connectivity index is 2.06. The van der Waals surface area contributed by atoms with E-state index in [-0.39, 0.29) is 0 Å². The molecule has 1 N–H and O–H groups in total. The predicted octanol–water partition coefficient (Wildman–Crippen LogP) is 2.26. The zero-order valence-electron chi connectivity index (χ0n) is 10.9. The predicted molar refractivity (Wildman–Crippen MR) is 74.7 cm³/mol. The molecule has 5 nitrogen and oxygen atoms in total. The van der Waals surface area contributed by atoms with Crippen LogP contribution in [0.3, 0.4) is 0 Å². The number of benzene rings is 1. The molecule has 0 aliphatic rings. The summed E-state index contributed by atoms with van der Waals surface area (Å²) >= 11 is 0. The monoisotopic (exact) mass is 267 g/mol. The van der Waals surface area contributed by atoms with Crippen LogP contribution in [0.25, 0.3) is 11.0 Å². The Labute approximate surface area is 115 Å². The van der Waals surface area contributed by atoms with Crippen molar-refractivity contribution in [3.8, 4) is 0 Å². The van der Waals surface area contributed by atoms with Crippen LogP contribution in [0.15, 0.2) is 42.7 Å². The van der Waals surface area contributed by atoms with Gasteiger partial charge in [0.25, 0.3) is 0 Å². The maximum atomic E-state index is 11.2. The maximum absolute atomic E-state index is 11.2.